The van der Waals surface area contributed by atoms with Crippen LogP contribution in [0.5, 0.6) is 0 Å². The Balaban J connectivity index is 1.88. The summed E-state index contributed by atoms with van der Waals surface area (Å²) in [7, 11) is 0. The first-order chi connectivity index (χ1) is 7.72. The molecule has 0 aromatic heterocycles. The summed E-state index contributed by atoms with van der Waals surface area (Å²) < 4.78 is 0. The molecule has 0 aromatic carbocycles. The Morgan fingerprint density at radius 3 is 2.25 bits per heavy atom. The van der Waals surface area contributed by atoms with Gasteiger partial charge in [0.1, 0.15) is 0 Å². The standard InChI is InChI=1S/C14H28N2/c1-4-15-14(13-8-9-13)10-16-11(2)6-5-7-12(16)3/h11-15H,4-10H2,1-3H3. The van der Waals surface area contributed by atoms with E-state index >= 15 is 0 Å². The topological polar surface area (TPSA) is 15.3 Å². The van der Waals surface area contributed by atoms with E-state index in [1.54, 1.807) is 0 Å². The van der Waals surface area contributed by atoms with Crippen LogP contribution in [0.3, 0.4) is 0 Å². The van der Waals surface area contributed by atoms with Crippen molar-refractivity contribution in [1.82, 2.24) is 10.2 Å². The third kappa shape index (κ3) is 2.98. The Bertz CT molecular complexity index is 203. The molecule has 2 rings (SSSR count). The van der Waals surface area contributed by atoms with Crippen molar-refractivity contribution in [1.29, 1.82) is 0 Å². The molecule has 1 aliphatic carbocycles. The lowest BCUT2D eigenvalue weighted by Crippen LogP contribution is -2.51. The maximum absolute atomic E-state index is 3.69. The number of hydrogen-bond donors (Lipinski definition) is 1. The maximum Gasteiger partial charge on any atom is 0.0223 e. The van der Waals surface area contributed by atoms with E-state index in [1.807, 2.05) is 0 Å². The summed E-state index contributed by atoms with van der Waals surface area (Å²) in [6.45, 7) is 9.45. The molecule has 1 saturated heterocycles. The highest BCUT2D eigenvalue weighted by Crippen LogP contribution is 2.34. The monoisotopic (exact) mass is 224 g/mol. The minimum Gasteiger partial charge on any atom is -0.313 e. The summed E-state index contributed by atoms with van der Waals surface area (Å²) in [6.07, 6.45) is 7.12. The molecule has 2 aliphatic rings. The van der Waals surface area contributed by atoms with Gasteiger partial charge in [0.15, 0.2) is 0 Å². The predicted molar refractivity (Wildman–Crippen MR) is 69.7 cm³/mol. The first kappa shape index (κ1) is 12.4. The second-order valence-electron chi connectivity index (χ2n) is 5.83. The maximum atomic E-state index is 3.69. The lowest BCUT2D eigenvalue weighted by Gasteiger charge is -2.41. The molecule has 0 spiro atoms. The lowest BCUT2D eigenvalue weighted by atomic mass is 9.96. The third-order valence-corrected chi connectivity index (χ3v) is 4.44. The normalized spacial score (nSPS) is 33.9. The number of likely N-dealkylation sites (tertiary alicyclic amines) is 1. The second-order valence-corrected chi connectivity index (χ2v) is 5.83. The molecule has 1 aliphatic heterocycles. The van der Waals surface area contributed by atoms with Gasteiger partial charge < -0.3 is 5.32 Å². The Labute approximate surface area is 101 Å². The molecular formula is C14H28N2. The van der Waals surface area contributed by atoms with Crippen molar-refractivity contribution in [2.45, 2.75) is 71.0 Å². The van der Waals surface area contributed by atoms with Crippen LogP contribution in [0.25, 0.3) is 0 Å². The zero-order valence-corrected chi connectivity index (χ0v) is 11.2. The van der Waals surface area contributed by atoms with Crippen LogP contribution >= 0.6 is 0 Å². The summed E-state index contributed by atoms with van der Waals surface area (Å²) in [5, 5.41) is 3.69. The molecule has 1 heterocycles. The van der Waals surface area contributed by atoms with Gasteiger partial charge in [-0.1, -0.05) is 13.3 Å². The molecule has 2 fully saturated rings. The number of nitrogens with one attached hydrogen (secondary N) is 1. The van der Waals surface area contributed by atoms with Crippen molar-refractivity contribution >= 4 is 0 Å². The molecular weight excluding hydrogens is 196 g/mol. The van der Waals surface area contributed by atoms with Gasteiger partial charge in [0.25, 0.3) is 0 Å². The Kier molecular flexibility index (Phi) is 4.26. The van der Waals surface area contributed by atoms with Crippen molar-refractivity contribution < 1.29 is 0 Å². The smallest absolute Gasteiger partial charge is 0.0223 e. The van der Waals surface area contributed by atoms with Crippen molar-refractivity contribution in [3.05, 3.63) is 0 Å². The Morgan fingerprint density at radius 1 is 1.12 bits per heavy atom. The zero-order chi connectivity index (χ0) is 11.5. The quantitative estimate of drug-likeness (QED) is 0.772. The summed E-state index contributed by atoms with van der Waals surface area (Å²) >= 11 is 0. The third-order valence-electron chi connectivity index (χ3n) is 4.44. The second kappa shape index (κ2) is 5.50. The van der Waals surface area contributed by atoms with E-state index in [9.17, 15) is 0 Å². The van der Waals surface area contributed by atoms with Gasteiger partial charge in [-0.15, -0.1) is 0 Å². The summed E-state index contributed by atoms with van der Waals surface area (Å²) in [4.78, 5) is 2.75. The average molecular weight is 224 g/mol. The van der Waals surface area contributed by atoms with E-state index in [0.29, 0.717) is 0 Å². The van der Waals surface area contributed by atoms with Crippen LogP contribution in [-0.2, 0) is 0 Å². The van der Waals surface area contributed by atoms with E-state index in [4.69, 9.17) is 0 Å². The van der Waals surface area contributed by atoms with Crippen molar-refractivity contribution in [3.63, 3.8) is 0 Å². The largest absolute Gasteiger partial charge is 0.313 e. The van der Waals surface area contributed by atoms with E-state index < -0.39 is 0 Å². The minimum absolute atomic E-state index is 0.757. The summed E-state index contributed by atoms with van der Waals surface area (Å²) in [5.74, 6) is 0.973. The summed E-state index contributed by atoms with van der Waals surface area (Å²) in [6, 6.07) is 2.35. The molecule has 3 unspecified atom stereocenters. The summed E-state index contributed by atoms with van der Waals surface area (Å²) in [5.41, 5.74) is 0. The predicted octanol–water partition coefficient (Wildman–Crippen LogP) is 2.64. The number of piperidine rings is 1. The number of likely N-dealkylation sites (N-methyl/N-ethyl adjacent to an activating group) is 1. The molecule has 94 valence electrons. The highest BCUT2D eigenvalue weighted by Gasteiger charge is 2.34. The van der Waals surface area contributed by atoms with Gasteiger partial charge in [-0.05, 0) is 52.0 Å². The molecule has 0 amide bonds. The van der Waals surface area contributed by atoms with Gasteiger partial charge in [0, 0.05) is 24.7 Å². The molecule has 0 bridgehead atoms. The van der Waals surface area contributed by atoms with Gasteiger partial charge in [-0.3, -0.25) is 4.90 Å². The molecule has 1 N–H and O–H groups in total. The van der Waals surface area contributed by atoms with Crippen LogP contribution in [-0.4, -0.2) is 36.1 Å². The number of hydrogen-bond acceptors (Lipinski definition) is 2. The first-order valence-corrected chi connectivity index (χ1v) is 7.21. The van der Waals surface area contributed by atoms with Crippen LogP contribution in [0.15, 0.2) is 0 Å². The molecule has 3 atom stereocenters. The lowest BCUT2D eigenvalue weighted by molar-refractivity contribution is 0.0877. The van der Waals surface area contributed by atoms with Gasteiger partial charge in [-0.25, -0.2) is 0 Å². The fraction of sp³-hybridized carbons (Fsp3) is 1.00. The molecule has 16 heavy (non-hydrogen) atoms. The van der Waals surface area contributed by atoms with E-state index in [1.165, 1.54) is 38.6 Å². The van der Waals surface area contributed by atoms with Gasteiger partial charge in [0.2, 0.25) is 0 Å². The first-order valence-electron chi connectivity index (χ1n) is 7.21. The zero-order valence-electron chi connectivity index (χ0n) is 11.2. The highest BCUT2D eigenvalue weighted by atomic mass is 15.2. The Morgan fingerprint density at radius 2 is 1.75 bits per heavy atom. The minimum atomic E-state index is 0.757. The van der Waals surface area contributed by atoms with Crippen molar-refractivity contribution in [2.24, 2.45) is 5.92 Å². The highest BCUT2D eigenvalue weighted by molar-refractivity contribution is 4.91. The molecule has 2 heteroatoms. The fourth-order valence-electron chi connectivity index (χ4n) is 3.20. The fourth-order valence-corrected chi connectivity index (χ4v) is 3.20. The van der Waals surface area contributed by atoms with Crippen LogP contribution in [0, 0.1) is 5.92 Å². The van der Waals surface area contributed by atoms with Gasteiger partial charge in [-0.2, -0.15) is 0 Å². The van der Waals surface area contributed by atoms with E-state index in [2.05, 4.69) is 31.0 Å². The van der Waals surface area contributed by atoms with E-state index in [-0.39, 0.29) is 0 Å². The number of rotatable bonds is 5. The molecule has 0 radical (unpaired) electrons. The molecule has 1 saturated carbocycles. The Hall–Kier alpha value is -0.0800. The van der Waals surface area contributed by atoms with Crippen LogP contribution in [0.1, 0.15) is 52.9 Å². The van der Waals surface area contributed by atoms with Gasteiger partial charge >= 0.3 is 0 Å². The van der Waals surface area contributed by atoms with Crippen LogP contribution in [0.4, 0.5) is 0 Å². The van der Waals surface area contributed by atoms with Gasteiger partial charge in [0.05, 0.1) is 0 Å². The van der Waals surface area contributed by atoms with Crippen LogP contribution < -0.4 is 5.32 Å². The van der Waals surface area contributed by atoms with Crippen molar-refractivity contribution in [2.75, 3.05) is 13.1 Å². The SMILES string of the molecule is CCNC(CN1C(C)CCCC1C)C1CC1. The van der Waals surface area contributed by atoms with Crippen LogP contribution in [0.2, 0.25) is 0 Å². The molecule has 2 nitrogen and oxygen atoms in total. The van der Waals surface area contributed by atoms with E-state index in [0.717, 1.165) is 30.6 Å². The van der Waals surface area contributed by atoms with Crippen molar-refractivity contribution in [3.8, 4) is 0 Å². The molecule has 0 aromatic rings. The average Bonchev–Trinajstić information content (AvgIpc) is 3.06. The number of nitrogens with zero attached hydrogens (tertiary/aromatic N) is 1.